The van der Waals surface area contributed by atoms with E-state index < -0.39 is 11.9 Å². The highest BCUT2D eigenvalue weighted by Gasteiger charge is 2.09. The van der Waals surface area contributed by atoms with Crippen LogP contribution in [-0.4, -0.2) is 37.7 Å². The van der Waals surface area contributed by atoms with Crippen LogP contribution in [0.15, 0.2) is 42.5 Å². The molecule has 0 aliphatic rings. The van der Waals surface area contributed by atoms with Crippen LogP contribution < -0.4 is 10.6 Å². The minimum absolute atomic E-state index is 0.0108. The number of rotatable bonds is 7. The van der Waals surface area contributed by atoms with E-state index in [4.69, 9.17) is 4.74 Å². The maximum atomic E-state index is 11.7. The summed E-state index contributed by atoms with van der Waals surface area (Å²) in [4.78, 5) is 33.8. The minimum Gasteiger partial charge on any atom is -0.466 e. The molecule has 0 fully saturated rings. The van der Waals surface area contributed by atoms with Gasteiger partial charge in [0.1, 0.15) is 6.61 Å². The number of urea groups is 1. The number of nitrogens with one attached hydrogen (secondary N) is 2. The molecule has 124 valence electrons. The lowest BCUT2D eigenvalue weighted by Gasteiger charge is -2.14. The van der Waals surface area contributed by atoms with Gasteiger partial charge in [0.2, 0.25) is 0 Å². The zero-order chi connectivity index (χ0) is 17.1. The monoisotopic (exact) mass is 320 g/mol. The van der Waals surface area contributed by atoms with Gasteiger partial charge in [-0.25, -0.2) is 14.4 Å². The van der Waals surface area contributed by atoms with Crippen LogP contribution in [0.3, 0.4) is 0 Å². The van der Waals surface area contributed by atoms with Crippen LogP contribution in [-0.2, 0) is 25.6 Å². The summed E-state index contributed by atoms with van der Waals surface area (Å²) in [5.41, 5.74) is 0.981. The SMILES string of the molecule is COC(=O)/C=C/C(=O)OCC(C)NC(=O)NCc1ccccc1. The number of hydrogen-bond donors (Lipinski definition) is 2. The van der Waals surface area contributed by atoms with Crippen molar-refractivity contribution in [3.63, 3.8) is 0 Å². The van der Waals surface area contributed by atoms with Gasteiger partial charge < -0.3 is 20.1 Å². The molecule has 0 radical (unpaired) electrons. The summed E-state index contributed by atoms with van der Waals surface area (Å²) in [5, 5.41) is 5.34. The first-order valence-electron chi connectivity index (χ1n) is 7.02. The van der Waals surface area contributed by atoms with Crippen LogP contribution in [0.4, 0.5) is 4.79 Å². The molecule has 7 heteroatoms. The topological polar surface area (TPSA) is 93.7 Å². The summed E-state index contributed by atoms with van der Waals surface area (Å²) in [6.45, 7) is 2.09. The largest absolute Gasteiger partial charge is 0.466 e. The Hall–Kier alpha value is -2.83. The Morgan fingerprint density at radius 1 is 1.13 bits per heavy atom. The van der Waals surface area contributed by atoms with Gasteiger partial charge >= 0.3 is 18.0 Å². The van der Waals surface area contributed by atoms with Gasteiger partial charge in [0, 0.05) is 18.7 Å². The Bertz CT molecular complexity index is 557. The average Bonchev–Trinajstić information content (AvgIpc) is 2.56. The van der Waals surface area contributed by atoms with E-state index in [-0.39, 0.29) is 18.7 Å². The molecule has 23 heavy (non-hydrogen) atoms. The van der Waals surface area contributed by atoms with E-state index in [2.05, 4.69) is 15.4 Å². The normalized spacial score (nSPS) is 11.6. The molecule has 0 saturated heterocycles. The first-order chi connectivity index (χ1) is 11.0. The lowest BCUT2D eigenvalue weighted by Crippen LogP contribution is -2.42. The molecular formula is C16H20N2O5. The maximum Gasteiger partial charge on any atom is 0.331 e. The number of ether oxygens (including phenoxy) is 2. The van der Waals surface area contributed by atoms with Crippen LogP contribution in [0.25, 0.3) is 0 Å². The van der Waals surface area contributed by atoms with Crippen molar-refractivity contribution in [3.8, 4) is 0 Å². The third-order valence-electron chi connectivity index (χ3n) is 2.71. The van der Waals surface area contributed by atoms with E-state index in [0.717, 1.165) is 17.7 Å². The minimum atomic E-state index is -0.686. The van der Waals surface area contributed by atoms with Crippen LogP contribution in [0, 0.1) is 0 Å². The molecule has 0 saturated carbocycles. The number of hydrogen-bond acceptors (Lipinski definition) is 5. The molecule has 0 aliphatic carbocycles. The van der Waals surface area contributed by atoms with Crippen molar-refractivity contribution in [1.82, 2.24) is 10.6 Å². The molecule has 1 aromatic rings. The third-order valence-corrected chi connectivity index (χ3v) is 2.71. The molecule has 2 N–H and O–H groups in total. The van der Waals surface area contributed by atoms with Crippen molar-refractivity contribution in [2.24, 2.45) is 0 Å². The molecular weight excluding hydrogens is 300 g/mol. The van der Waals surface area contributed by atoms with Gasteiger partial charge in [0.25, 0.3) is 0 Å². The molecule has 1 unspecified atom stereocenters. The average molecular weight is 320 g/mol. The van der Waals surface area contributed by atoms with E-state index >= 15 is 0 Å². The molecule has 1 rings (SSSR count). The highest BCUT2D eigenvalue weighted by molar-refractivity contribution is 5.91. The first kappa shape index (κ1) is 18.2. The summed E-state index contributed by atoms with van der Waals surface area (Å²) in [7, 11) is 1.21. The van der Waals surface area contributed by atoms with E-state index in [1.165, 1.54) is 7.11 Å². The number of esters is 2. The van der Waals surface area contributed by atoms with Gasteiger partial charge in [-0.15, -0.1) is 0 Å². The number of methoxy groups -OCH3 is 1. The fourth-order valence-corrected chi connectivity index (χ4v) is 1.55. The van der Waals surface area contributed by atoms with Gasteiger partial charge in [-0.3, -0.25) is 0 Å². The molecule has 7 nitrogen and oxygen atoms in total. The van der Waals surface area contributed by atoms with Crippen LogP contribution in [0.2, 0.25) is 0 Å². The first-order valence-corrected chi connectivity index (χ1v) is 7.02. The second-order valence-electron chi connectivity index (χ2n) is 4.70. The van der Waals surface area contributed by atoms with Crippen LogP contribution in [0.1, 0.15) is 12.5 Å². The van der Waals surface area contributed by atoms with Gasteiger partial charge in [-0.05, 0) is 12.5 Å². The number of amides is 2. The van der Waals surface area contributed by atoms with Crippen molar-refractivity contribution in [1.29, 1.82) is 0 Å². The Labute approximate surface area is 134 Å². The van der Waals surface area contributed by atoms with Crippen LogP contribution in [0.5, 0.6) is 0 Å². The molecule has 0 bridgehead atoms. The van der Waals surface area contributed by atoms with Crippen molar-refractivity contribution < 1.29 is 23.9 Å². The fraction of sp³-hybridized carbons (Fsp3) is 0.312. The Morgan fingerprint density at radius 2 is 1.78 bits per heavy atom. The molecule has 1 aromatic carbocycles. The van der Waals surface area contributed by atoms with Crippen molar-refractivity contribution in [2.75, 3.05) is 13.7 Å². The highest BCUT2D eigenvalue weighted by Crippen LogP contribution is 1.97. The molecule has 0 spiro atoms. The number of carbonyl (C=O) groups excluding carboxylic acids is 3. The molecule has 0 heterocycles. The fourth-order valence-electron chi connectivity index (χ4n) is 1.55. The Morgan fingerprint density at radius 3 is 2.43 bits per heavy atom. The predicted molar refractivity (Wildman–Crippen MR) is 83.4 cm³/mol. The summed E-state index contributed by atoms with van der Waals surface area (Å²) in [5.74, 6) is -1.33. The molecule has 2 amide bonds. The lowest BCUT2D eigenvalue weighted by atomic mass is 10.2. The maximum absolute atomic E-state index is 11.7. The summed E-state index contributed by atoms with van der Waals surface area (Å²) < 4.78 is 9.23. The smallest absolute Gasteiger partial charge is 0.331 e. The summed E-state index contributed by atoms with van der Waals surface area (Å²) in [6.07, 6.45) is 1.93. The summed E-state index contributed by atoms with van der Waals surface area (Å²) in [6, 6.07) is 8.74. The second kappa shape index (κ2) is 9.99. The van der Waals surface area contributed by atoms with Crippen molar-refractivity contribution in [2.45, 2.75) is 19.5 Å². The molecule has 0 aromatic heterocycles. The number of carbonyl (C=O) groups is 3. The second-order valence-corrected chi connectivity index (χ2v) is 4.70. The summed E-state index contributed by atoms with van der Waals surface area (Å²) >= 11 is 0. The number of benzene rings is 1. The quantitative estimate of drug-likeness (QED) is 0.580. The lowest BCUT2D eigenvalue weighted by molar-refractivity contribution is -0.139. The van der Waals surface area contributed by atoms with E-state index in [0.29, 0.717) is 6.54 Å². The zero-order valence-electron chi connectivity index (χ0n) is 13.1. The van der Waals surface area contributed by atoms with Crippen molar-refractivity contribution >= 4 is 18.0 Å². The van der Waals surface area contributed by atoms with E-state index in [9.17, 15) is 14.4 Å². The predicted octanol–water partition coefficient (Wildman–Crippen LogP) is 1.15. The Kier molecular flexibility index (Phi) is 7.91. The molecule has 0 aliphatic heterocycles. The standard InChI is InChI=1S/C16H20N2O5/c1-12(11-23-15(20)9-8-14(19)22-2)18-16(21)17-10-13-6-4-3-5-7-13/h3-9,12H,10-11H2,1-2H3,(H2,17,18,21)/b9-8+. The van der Waals surface area contributed by atoms with Gasteiger partial charge in [0.15, 0.2) is 0 Å². The van der Waals surface area contributed by atoms with E-state index in [1.54, 1.807) is 6.92 Å². The molecule has 1 atom stereocenters. The highest BCUT2D eigenvalue weighted by atomic mass is 16.5. The van der Waals surface area contributed by atoms with E-state index in [1.807, 2.05) is 30.3 Å². The third kappa shape index (κ3) is 8.25. The Balaban J connectivity index is 2.23. The van der Waals surface area contributed by atoms with Crippen molar-refractivity contribution in [3.05, 3.63) is 48.0 Å². The zero-order valence-corrected chi connectivity index (χ0v) is 13.1. The van der Waals surface area contributed by atoms with Gasteiger partial charge in [-0.2, -0.15) is 0 Å². The van der Waals surface area contributed by atoms with Crippen LogP contribution >= 0.6 is 0 Å². The van der Waals surface area contributed by atoms with Gasteiger partial charge in [-0.1, -0.05) is 30.3 Å². The van der Waals surface area contributed by atoms with Gasteiger partial charge in [0.05, 0.1) is 13.2 Å².